The van der Waals surface area contributed by atoms with E-state index in [4.69, 9.17) is 14.2 Å². The van der Waals surface area contributed by atoms with Crippen molar-refractivity contribution in [1.29, 1.82) is 0 Å². The van der Waals surface area contributed by atoms with E-state index < -0.39 is 0 Å². The van der Waals surface area contributed by atoms with Crippen LogP contribution in [0, 0.1) is 5.92 Å². The fourth-order valence-corrected chi connectivity index (χ4v) is 4.59. The number of rotatable bonds is 7. The molecule has 2 aliphatic rings. The first kappa shape index (κ1) is 22.7. The Hall–Kier alpha value is -3.48. The number of hydrogen-bond acceptors (Lipinski definition) is 6. The number of imide groups is 1. The molecule has 2 heterocycles. The average Bonchev–Trinajstić information content (AvgIpc) is 3.09. The molecule has 2 aliphatic heterocycles. The summed E-state index contributed by atoms with van der Waals surface area (Å²) >= 11 is 0. The first-order chi connectivity index (χ1) is 16.0. The second kappa shape index (κ2) is 9.57. The number of piperidine rings is 1. The molecule has 1 atom stereocenters. The van der Waals surface area contributed by atoms with Gasteiger partial charge < -0.3 is 19.1 Å². The molecule has 7 heteroatoms. The number of amides is 2. The van der Waals surface area contributed by atoms with Crippen LogP contribution in [0.5, 0.6) is 17.2 Å². The van der Waals surface area contributed by atoms with E-state index >= 15 is 0 Å². The quantitative estimate of drug-likeness (QED) is 0.591. The molecule has 4 rings (SSSR count). The fraction of sp³-hybridized carbons (Fsp3) is 0.385. The number of hydrogen-bond donors (Lipinski definition) is 0. The van der Waals surface area contributed by atoms with Gasteiger partial charge in [0.15, 0.2) is 11.5 Å². The standard InChI is InChI=1S/C26H30N2O5/c1-5-33-20-11-7-6-10-19(20)28-25(29)23(18-12-13-21(31-3)22(15-18)32-4)24(26(28)30)27-14-8-9-17(2)16-27/h6-7,10-13,15,17H,5,8-9,14,16H2,1-4H3. The third-order valence-electron chi connectivity index (χ3n) is 6.11. The van der Waals surface area contributed by atoms with Gasteiger partial charge in [-0.1, -0.05) is 25.1 Å². The van der Waals surface area contributed by atoms with Crippen LogP contribution in [0.2, 0.25) is 0 Å². The SMILES string of the molecule is CCOc1ccccc1N1C(=O)C(c2ccc(OC)c(OC)c2)=C(N2CCCC(C)C2)C1=O. The molecule has 0 N–H and O–H groups in total. The number of benzene rings is 2. The van der Waals surface area contributed by atoms with Gasteiger partial charge in [0.2, 0.25) is 0 Å². The number of nitrogens with zero attached hydrogens (tertiary/aromatic N) is 2. The second-order valence-corrected chi connectivity index (χ2v) is 8.33. The van der Waals surface area contributed by atoms with Gasteiger partial charge in [-0.25, -0.2) is 4.90 Å². The van der Waals surface area contributed by atoms with Crippen LogP contribution in [0.15, 0.2) is 48.2 Å². The molecule has 0 saturated carbocycles. The van der Waals surface area contributed by atoms with E-state index in [0.717, 1.165) is 25.9 Å². The number of methoxy groups -OCH3 is 2. The summed E-state index contributed by atoms with van der Waals surface area (Å²) in [6, 6.07) is 12.5. The highest BCUT2D eigenvalue weighted by Crippen LogP contribution is 2.41. The average molecular weight is 451 g/mol. The maximum Gasteiger partial charge on any atom is 0.282 e. The highest BCUT2D eigenvalue weighted by Gasteiger charge is 2.44. The Labute approximate surface area is 194 Å². The van der Waals surface area contributed by atoms with Crippen LogP contribution in [-0.2, 0) is 9.59 Å². The van der Waals surface area contributed by atoms with Crippen molar-refractivity contribution < 1.29 is 23.8 Å². The summed E-state index contributed by atoms with van der Waals surface area (Å²) in [5.74, 6) is 1.30. The van der Waals surface area contributed by atoms with Crippen molar-refractivity contribution >= 4 is 23.1 Å². The predicted octanol–water partition coefficient (Wildman–Crippen LogP) is 4.12. The molecule has 2 aromatic rings. The summed E-state index contributed by atoms with van der Waals surface area (Å²) in [6.07, 6.45) is 2.08. The molecule has 0 aliphatic carbocycles. The van der Waals surface area contributed by atoms with Crippen molar-refractivity contribution in [3.63, 3.8) is 0 Å². The summed E-state index contributed by atoms with van der Waals surface area (Å²) in [5, 5.41) is 0. The Balaban J connectivity index is 1.86. The molecular formula is C26H30N2O5. The van der Waals surface area contributed by atoms with Gasteiger partial charge in [-0.3, -0.25) is 9.59 Å². The Morgan fingerprint density at radius 3 is 2.42 bits per heavy atom. The molecular weight excluding hydrogens is 420 g/mol. The van der Waals surface area contributed by atoms with Crippen LogP contribution in [0.4, 0.5) is 5.69 Å². The highest BCUT2D eigenvalue weighted by atomic mass is 16.5. The van der Waals surface area contributed by atoms with Gasteiger partial charge >= 0.3 is 0 Å². The molecule has 33 heavy (non-hydrogen) atoms. The van der Waals surface area contributed by atoms with Crippen molar-refractivity contribution in [2.24, 2.45) is 5.92 Å². The summed E-state index contributed by atoms with van der Waals surface area (Å²) in [5.41, 5.74) is 1.88. The minimum absolute atomic E-state index is 0.328. The van der Waals surface area contributed by atoms with Crippen molar-refractivity contribution in [3.8, 4) is 17.2 Å². The number of carbonyl (C=O) groups excluding carboxylic acids is 2. The van der Waals surface area contributed by atoms with Crippen molar-refractivity contribution in [3.05, 3.63) is 53.7 Å². The summed E-state index contributed by atoms with van der Waals surface area (Å²) in [7, 11) is 3.11. The summed E-state index contributed by atoms with van der Waals surface area (Å²) in [6.45, 7) is 5.94. The van der Waals surface area contributed by atoms with E-state index in [0.29, 0.717) is 52.3 Å². The third kappa shape index (κ3) is 4.15. The van der Waals surface area contributed by atoms with Gasteiger partial charge in [-0.2, -0.15) is 0 Å². The first-order valence-corrected chi connectivity index (χ1v) is 11.3. The first-order valence-electron chi connectivity index (χ1n) is 11.3. The normalized spacial score (nSPS) is 18.7. The van der Waals surface area contributed by atoms with Gasteiger partial charge in [-0.15, -0.1) is 0 Å². The van der Waals surface area contributed by atoms with Crippen molar-refractivity contribution in [1.82, 2.24) is 4.90 Å². The lowest BCUT2D eigenvalue weighted by atomic mass is 9.97. The Morgan fingerprint density at radius 1 is 0.970 bits per heavy atom. The maximum atomic E-state index is 13.9. The molecule has 0 radical (unpaired) electrons. The van der Waals surface area contributed by atoms with E-state index in [2.05, 4.69) is 11.8 Å². The highest BCUT2D eigenvalue weighted by molar-refractivity contribution is 6.45. The number of likely N-dealkylation sites (tertiary alicyclic amines) is 1. The number of para-hydroxylation sites is 2. The molecule has 1 fully saturated rings. The number of anilines is 1. The van der Waals surface area contributed by atoms with E-state index in [9.17, 15) is 9.59 Å². The molecule has 0 bridgehead atoms. The zero-order valence-corrected chi connectivity index (χ0v) is 19.6. The molecule has 2 amide bonds. The molecule has 0 aromatic heterocycles. The summed E-state index contributed by atoms with van der Waals surface area (Å²) < 4.78 is 16.6. The number of ether oxygens (including phenoxy) is 3. The smallest absolute Gasteiger partial charge is 0.282 e. The van der Waals surface area contributed by atoms with Crippen LogP contribution < -0.4 is 19.1 Å². The molecule has 7 nitrogen and oxygen atoms in total. The maximum absolute atomic E-state index is 13.9. The van der Waals surface area contributed by atoms with Crippen molar-refractivity contribution in [2.75, 3.05) is 38.8 Å². The Morgan fingerprint density at radius 2 is 1.73 bits per heavy atom. The lowest BCUT2D eigenvalue weighted by molar-refractivity contribution is -0.120. The molecule has 1 saturated heterocycles. The topological polar surface area (TPSA) is 68.3 Å². The molecule has 2 aromatic carbocycles. The van der Waals surface area contributed by atoms with Crippen LogP contribution in [0.25, 0.3) is 5.57 Å². The van der Waals surface area contributed by atoms with Crippen LogP contribution in [0.1, 0.15) is 32.3 Å². The fourth-order valence-electron chi connectivity index (χ4n) is 4.59. The van der Waals surface area contributed by atoms with Gasteiger partial charge in [0, 0.05) is 13.1 Å². The van der Waals surface area contributed by atoms with E-state index in [-0.39, 0.29) is 11.8 Å². The largest absolute Gasteiger partial charge is 0.493 e. The van der Waals surface area contributed by atoms with Crippen LogP contribution >= 0.6 is 0 Å². The van der Waals surface area contributed by atoms with E-state index in [1.165, 1.54) is 4.90 Å². The zero-order valence-electron chi connectivity index (χ0n) is 19.6. The lowest BCUT2D eigenvalue weighted by Crippen LogP contribution is -2.39. The Bertz CT molecular complexity index is 1090. The van der Waals surface area contributed by atoms with Gasteiger partial charge in [0.1, 0.15) is 11.4 Å². The van der Waals surface area contributed by atoms with Gasteiger partial charge in [0.05, 0.1) is 32.1 Å². The Kier molecular flexibility index (Phi) is 6.58. The van der Waals surface area contributed by atoms with Crippen LogP contribution in [-0.4, -0.2) is 50.6 Å². The van der Waals surface area contributed by atoms with Crippen LogP contribution in [0.3, 0.4) is 0 Å². The zero-order chi connectivity index (χ0) is 23.5. The molecule has 0 spiro atoms. The second-order valence-electron chi connectivity index (χ2n) is 8.33. The van der Waals surface area contributed by atoms with E-state index in [1.807, 2.05) is 13.0 Å². The minimum Gasteiger partial charge on any atom is -0.493 e. The summed E-state index contributed by atoms with van der Waals surface area (Å²) in [4.78, 5) is 31.0. The van der Waals surface area contributed by atoms with Gasteiger partial charge in [-0.05, 0) is 55.5 Å². The molecule has 1 unspecified atom stereocenters. The predicted molar refractivity (Wildman–Crippen MR) is 127 cm³/mol. The minimum atomic E-state index is -0.368. The lowest BCUT2D eigenvalue weighted by Gasteiger charge is -2.33. The van der Waals surface area contributed by atoms with Gasteiger partial charge in [0.25, 0.3) is 11.8 Å². The third-order valence-corrected chi connectivity index (χ3v) is 6.11. The van der Waals surface area contributed by atoms with Crippen molar-refractivity contribution in [2.45, 2.75) is 26.7 Å². The number of carbonyl (C=O) groups is 2. The molecule has 174 valence electrons. The van der Waals surface area contributed by atoms with E-state index in [1.54, 1.807) is 50.6 Å². The monoisotopic (exact) mass is 450 g/mol.